The lowest BCUT2D eigenvalue weighted by Gasteiger charge is -2.15. The van der Waals surface area contributed by atoms with Crippen LogP contribution in [0.25, 0.3) is 0 Å². The van der Waals surface area contributed by atoms with Crippen molar-refractivity contribution in [2.45, 2.75) is 186 Å². The van der Waals surface area contributed by atoms with Crippen molar-refractivity contribution in [3.63, 3.8) is 0 Å². The Balaban J connectivity index is 1.60. The highest BCUT2D eigenvalue weighted by atomic mass is 32.2. The minimum absolute atomic E-state index is 0.0162. The van der Waals surface area contributed by atoms with Crippen LogP contribution >= 0.6 is 0 Å². The zero-order chi connectivity index (χ0) is 56.8. The normalized spacial score (nSPS) is 15.3. The highest BCUT2D eigenvalue weighted by Gasteiger charge is 2.39. The van der Waals surface area contributed by atoms with Gasteiger partial charge in [-0.15, -0.1) is 0 Å². The van der Waals surface area contributed by atoms with E-state index in [0.717, 1.165) is 0 Å². The van der Waals surface area contributed by atoms with Gasteiger partial charge in [0, 0.05) is 33.4 Å². The third-order valence-corrected chi connectivity index (χ3v) is 25.5. The van der Waals surface area contributed by atoms with Gasteiger partial charge in [0.15, 0.2) is 94.0 Å². The molecular formula is C54H72N6O12S6. The molecule has 4 aliphatic rings. The molecule has 0 radical (unpaired) electrons. The van der Waals surface area contributed by atoms with Crippen molar-refractivity contribution in [1.29, 1.82) is 0 Å². The molecule has 18 nitrogen and oxygen atoms in total. The van der Waals surface area contributed by atoms with Crippen LogP contribution in [0.4, 0.5) is 0 Å². The summed E-state index contributed by atoms with van der Waals surface area (Å²) in [7, 11) is -25.9. The first-order chi connectivity index (χ1) is 36.9. The van der Waals surface area contributed by atoms with E-state index in [4.69, 9.17) is 30.0 Å². The molecule has 4 heterocycles. The maximum absolute atomic E-state index is 14.4. The summed E-state index contributed by atoms with van der Waals surface area (Å²) in [6.45, 7) is 11.4. The Bertz CT molecular complexity index is 3350. The zero-order valence-electron chi connectivity index (χ0n) is 45.5. The Kier molecular flexibility index (Phi) is 19.6. The number of hydrogen-bond donors (Lipinski definition) is 0. The predicted molar refractivity (Wildman–Crippen MR) is 308 cm³/mol. The summed E-state index contributed by atoms with van der Waals surface area (Å²) < 4.78 is 173. The van der Waals surface area contributed by atoms with Gasteiger partial charge in [0.25, 0.3) is 0 Å². The summed E-state index contributed by atoms with van der Waals surface area (Å²) in [6, 6.07) is 7.21. The molecule has 78 heavy (non-hydrogen) atoms. The highest BCUT2D eigenvalue weighted by Crippen LogP contribution is 2.39. The molecule has 0 aliphatic carbocycles. The minimum atomic E-state index is -4.31. The van der Waals surface area contributed by atoms with Crippen molar-refractivity contribution in [1.82, 2.24) is 0 Å². The van der Waals surface area contributed by atoms with Gasteiger partial charge in [-0.3, -0.25) is 0 Å². The summed E-state index contributed by atoms with van der Waals surface area (Å²) in [5.74, 6) is -3.49. The Morgan fingerprint density at radius 2 is 0.359 bits per heavy atom. The molecule has 7 rings (SSSR count). The summed E-state index contributed by atoms with van der Waals surface area (Å²) in [6.07, 6.45) is 8.94. The molecule has 0 saturated carbocycles. The van der Waals surface area contributed by atoms with Gasteiger partial charge in [-0.25, -0.2) is 80.5 Å². The molecule has 0 saturated heterocycles. The molecule has 0 spiro atoms. The number of aliphatic imine (C=N–C) groups is 6. The van der Waals surface area contributed by atoms with Crippen LogP contribution in [0.1, 0.15) is 190 Å². The van der Waals surface area contributed by atoms with E-state index in [9.17, 15) is 50.5 Å². The third-order valence-electron chi connectivity index (χ3n) is 14.1. The fourth-order valence-electron chi connectivity index (χ4n) is 9.63. The SMILES string of the molecule is CCCCCS(=O)(=O)c1cc2c(cc1S(=O)(=O)CCCCC)C1=NC3=NC(=NC4=NC(=NC2=N1)c1cc(S(=O)(=O)CCCCC)c(S(=O)(=O)CCCCC)cc14)c1cc(S(=O)(=O)CCCCC)c(S(=O)(=O)CCCCC)cc13. The van der Waals surface area contributed by atoms with Crippen molar-refractivity contribution < 1.29 is 50.5 Å². The number of fused-ring (bicyclic) bond motifs is 12. The quantitative estimate of drug-likeness (QED) is 0.0564. The lowest BCUT2D eigenvalue weighted by molar-refractivity contribution is 0.577. The molecule has 0 aromatic heterocycles. The Morgan fingerprint density at radius 1 is 0.231 bits per heavy atom. The average Bonchev–Trinajstić information content (AvgIpc) is 4.14. The lowest BCUT2D eigenvalue weighted by Crippen LogP contribution is -2.18. The predicted octanol–water partition coefficient (Wildman–Crippen LogP) is 9.40. The van der Waals surface area contributed by atoms with Crippen LogP contribution in [0.15, 0.2) is 95.7 Å². The van der Waals surface area contributed by atoms with Crippen molar-refractivity contribution in [3.8, 4) is 0 Å². The largest absolute Gasteiger partial charge is 0.224 e. The second-order valence-electron chi connectivity index (χ2n) is 20.3. The number of sulfone groups is 6. The van der Waals surface area contributed by atoms with Crippen molar-refractivity contribution in [2.24, 2.45) is 30.0 Å². The van der Waals surface area contributed by atoms with Gasteiger partial charge in [-0.1, -0.05) is 119 Å². The van der Waals surface area contributed by atoms with E-state index in [1.165, 1.54) is 36.4 Å². The van der Waals surface area contributed by atoms with E-state index < -0.39 is 88.4 Å². The van der Waals surface area contributed by atoms with Gasteiger partial charge in [0.2, 0.25) is 0 Å². The van der Waals surface area contributed by atoms with Crippen molar-refractivity contribution in [3.05, 3.63) is 69.8 Å². The monoisotopic (exact) mass is 1190 g/mol. The molecule has 0 atom stereocenters. The number of unbranched alkanes of at least 4 members (excludes halogenated alkanes) is 12. The third kappa shape index (κ3) is 13.2. The van der Waals surface area contributed by atoms with Crippen LogP contribution in [-0.2, 0) is 59.0 Å². The average molecular weight is 1190 g/mol. The van der Waals surface area contributed by atoms with Crippen LogP contribution in [-0.4, -0.2) is 120 Å². The molecule has 0 N–H and O–H groups in total. The van der Waals surface area contributed by atoms with E-state index in [1.54, 1.807) is 0 Å². The van der Waals surface area contributed by atoms with E-state index in [0.29, 0.717) is 77.0 Å². The second-order valence-corrected chi connectivity index (χ2v) is 32.8. The van der Waals surface area contributed by atoms with Crippen LogP contribution in [0.5, 0.6) is 0 Å². The van der Waals surface area contributed by atoms with Crippen LogP contribution < -0.4 is 0 Å². The van der Waals surface area contributed by atoms with Crippen LogP contribution in [0.2, 0.25) is 0 Å². The van der Waals surface area contributed by atoms with E-state index in [2.05, 4.69) is 0 Å². The molecule has 0 fully saturated rings. The highest BCUT2D eigenvalue weighted by molar-refractivity contribution is 7.95. The standard InChI is InChI=1S/C54H72N6O12S6/c1-7-13-19-25-73(61,62)43-31-37-38(32-44(43)74(63,64)26-20-14-8-2)50-55-49(37)58-51-39-33-45(75(65,66)27-21-15-9-3)46(76(67,68)28-22-16-10-4)34-40(39)53(56-51)60-54-42-36-48(78(71,72)30-24-18-12-6)47(35-41(42)52(57-54)59-50)77(69,70)29-23-17-11-5/h31-36H,7-30H2,1-6H3. The maximum Gasteiger partial charge on any atom is 0.179 e. The first-order valence-electron chi connectivity index (χ1n) is 27.3. The van der Waals surface area contributed by atoms with Crippen molar-refractivity contribution in [2.75, 3.05) is 34.5 Å². The summed E-state index contributed by atoms with van der Waals surface area (Å²) >= 11 is 0. The number of amidine groups is 6. The Hall–Kier alpha value is -4.62. The topological polar surface area (TPSA) is 279 Å². The number of benzene rings is 3. The summed E-state index contributed by atoms with van der Waals surface area (Å²) in [4.78, 5) is 26.0. The molecule has 6 bridgehead atoms. The van der Waals surface area contributed by atoms with Gasteiger partial charge in [0.1, 0.15) is 0 Å². The van der Waals surface area contributed by atoms with E-state index in [-0.39, 0.29) is 141 Å². The van der Waals surface area contributed by atoms with Crippen molar-refractivity contribution >= 4 is 94.0 Å². The second kappa shape index (κ2) is 25.0. The molecule has 3 aromatic rings. The molecular weight excluding hydrogens is 1120 g/mol. The molecule has 4 aliphatic heterocycles. The molecule has 3 aromatic carbocycles. The van der Waals surface area contributed by atoms with Gasteiger partial charge in [-0.2, -0.15) is 0 Å². The van der Waals surface area contributed by atoms with Gasteiger partial charge in [0.05, 0.1) is 63.9 Å². The van der Waals surface area contributed by atoms with Gasteiger partial charge < -0.3 is 0 Å². The van der Waals surface area contributed by atoms with E-state index in [1.807, 2.05) is 41.5 Å². The lowest BCUT2D eigenvalue weighted by atomic mass is 10.1. The molecule has 0 amide bonds. The first-order valence-corrected chi connectivity index (χ1v) is 37.3. The van der Waals surface area contributed by atoms with Crippen LogP contribution in [0.3, 0.4) is 0 Å². The Labute approximate surface area is 462 Å². The van der Waals surface area contributed by atoms with E-state index >= 15 is 0 Å². The van der Waals surface area contributed by atoms with Crippen LogP contribution in [0, 0.1) is 0 Å². The molecule has 426 valence electrons. The number of hydrogen-bond acceptors (Lipinski definition) is 18. The smallest absolute Gasteiger partial charge is 0.179 e. The first kappa shape index (κ1) is 61.0. The zero-order valence-corrected chi connectivity index (χ0v) is 50.4. The fraction of sp³-hybridized carbons (Fsp3) is 0.556. The fourth-order valence-corrected chi connectivity index (χ4v) is 20.7. The summed E-state index contributed by atoms with van der Waals surface area (Å²) in [5, 5.41) is 0. The maximum atomic E-state index is 14.4. The molecule has 24 heteroatoms. The summed E-state index contributed by atoms with van der Waals surface area (Å²) in [5.41, 5.74) is 0.0971. The molecule has 0 unspecified atom stereocenters. The number of rotatable bonds is 30. The van der Waals surface area contributed by atoms with Gasteiger partial charge in [-0.05, 0) is 74.9 Å². The minimum Gasteiger partial charge on any atom is -0.224 e. The van der Waals surface area contributed by atoms with Gasteiger partial charge >= 0.3 is 0 Å². The Morgan fingerprint density at radius 3 is 0.474 bits per heavy atom. The number of nitrogens with zero attached hydrogens (tertiary/aromatic N) is 6.